The van der Waals surface area contributed by atoms with Gasteiger partial charge in [0.15, 0.2) is 0 Å². The molecule has 1 aliphatic rings. The van der Waals surface area contributed by atoms with Gasteiger partial charge in [-0.3, -0.25) is 9.59 Å². The highest BCUT2D eigenvalue weighted by atomic mass is 16.5. The van der Waals surface area contributed by atoms with Crippen LogP contribution in [0.1, 0.15) is 75.1 Å². The van der Waals surface area contributed by atoms with Gasteiger partial charge in [-0.25, -0.2) is 0 Å². The molecule has 40 heavy (non-hydrogen) atoms. The maximum Gasteiger partial charge on any atom is 0.243 e. The van der Waals surface area contributed by atoms with Gasteiger partial charge in [0, 0.05) is 25.5 Å². The van der Waals surface area contributed by atoms with Gasteiger partial charge in [-0.15, -0.1) is 0 Å². The number of methoxy groups -OCH3 is 1. The molecule has 1 fully saturated rings. The van der Waals surface area contributed by atoms with Crippen LogP contribution in [0, 0.1) is 5.92 Å². The minimum atomic E-state index is -0.421. The van der Waals surface area contributed by atoms with E-state index in [1.165, 1.54) is 5.56 Å². The van der Waals surface area contributed by atoms with E-state index in [1.54, 1.807) is 7.11 Å². The number of hydrogen-bond donors (Lipinski definition) is 1. The largest absolute Gasteiger partial charge is 0.384 e. The summed E-state index contributed by atoms with van der Waals surface area (Å²) in [4.78, 5) is 28.7. The van der Waals surface area contributed by atoms with E-state index in [-0.39, 0.29) is 23.3 Å². The van der Waals surface area contributed by atoms with E-state index in [1.807, 2.05) is 71.6 Å². The smallest absolute Gasteiger partial charge is 0.243 e. The van der Waals surface area contributed by atoms with Crippen LogP contribution in [0.2, 0.25) is 0 Å². The topological polar surface area (TPSA) is 58.6 Å². The predicted octanol–water partition coefficient (Wildman–Crippen LogP) is 6.68. The van der Waals surface area contributed by atoms with Gasteiger partial charge in [-0.2, -0.15) is 0 Å². The second-order valence-electron chi connectivity index (χ2n) is 11.3. The Morgan fingerprint density at radius 2 is 1.48 bits per heavy atom. The first-order chi connectivity index (χ1) is 19.5. The molecule has 3 aromatic carbocycles. The number of benzene rings is 3. The molecule has 0 bridgehead atoms. The molecule has 2 atom stereocenters. The van der Waals surface area contributed by atoms with E-state index in [4.69, 9.17) is 4.74 Å². The first-order valence-electron chi connectivity index (χ1n) is 14.7. The molecule has 0 saturated carbocycles. The highest BCUT2D eigenvalue weighted by Gasteiger charge is 2.37. The summed E-state index contributed by atoms with van der Waals surface area (Å²) < 4.78 is 5.70. The van der Waals surface area contributed by atoms with Crippen molar-refractivity contribution < 1.29 is 14.3 Å². The van der Waals surface area contributed by atoms with Crippen LogP contribution >= 0.6 is 0 Å². The standard InChI is InChI=1S/C35H44N2O3/c1-27(2)35(26-40-3,30-20-11-6-12-21-30)24-14-13-23-32(38)37-25-15-22-31(37)34(39)36-33(28-16-7-4-8-17-28)29-18-9-5-10-19-29/h4-12,16-21,27,31,33H,13-15,22-26H2,1-3H3,(H,36,39)/t31-,35?/m1/s1. The molecule has 0 aromatic heterocycles. The SMILES string of the molecule is COCC(CCCCC(=O)N1CCC[C@@H]1C(=O)NC(c1ccccc1)c1ccccc1)(c1ccccc1)C(C)C. The number of carbonyl (C=O) groups excluding carboxylic acids is 2. The Labute approximate surface area is 239 Å². The average Bonchev–Trinajstić information content (AvgIpc) is 3.49. The van der Waals surface area contributed by atoms with Crippen LogP contribution in [-0.4, -0.2) is 43.0 Å². The lowest BCUT2D eigenvalue weighted by atomic mass is 9.69. The summed E-state index contributed by atoms with van der Waals surface area (Å²) in [5, 5.41) is 3.26. The second kappa shape index (κ2) is 14.3. The zero-order valence-electron chi connectivity index (χ0n) is 24.2. The van der Waals surface area contributed by atoms with E-state index in [9.17, 15) is 9.59 Å². The van der Waals surface area contributed by atoms with Gasteiger partial charge in [0.25, 0.3) is 0 Å². The lowest BCUT2D eigenvalue weighted by molar-refractivity contribution is -0.138. The van der Waals surface area contributed by atoms with Gasteiger partial charge >= 0.3 is 0 Å². The van der Waals surface area contributed by atoms with Gasteiger partial charge in [-0.05, 0) is 48.3 Å². The zero-order chi connectivity index (χ0) is 28.4. The van der Waals surface area contributed by atoms with Crippen LogP contribution in [0.15, 0.2) is 91.0 Å². The highest BCUT2D eigenvalue weighted by Crippen LogP contribution is 2.38. The molecule has 0 spiro atoms. The molecule has 1 aliphatic heterocycles. The summed E-state index contributed by atoms with van der Waals surface area (Å²) in [7, 11) is 1.77. The fraction of sp³-hybridized carbons (Fsp3) is 0.429. The van der Waals surface area contributed by atoms with E-state index in [0.29, 0.717) is 31.9 Å². The van der Waals surface area contributed by atoms with Crippen molar-refractivity contribution in [3.63, 3.8) is 0 Å². The van der Waals surface area contributed by atoms with Crippen LogP contribution in [0.5, 0.6) is 0 Å². The molecular weight excluding hydrogens is 496 g/mol. The molecule has 2 amide bonds. The van der Waals surface area contributed by atoms with Crippen molar-refractivity contribution in [2.45, 2.75) is 69.9 Å². The van der Waals surface area contributed by atoms with Gasteiger partial charge in [0.1, 0.15) is 6.04 Å². The number of ether oxygens (including phenoxy) is 1. The molecule has 0 radical (unpaired) electrons. The number of rotatable bonds is 13. The lowest BCUT2D eigenvalue weighted by Gasteiger charge is -2.38. The second-order valence-corrected chi connectivity index (χ2v) is 11.3. The number of hydrogen-bond acceptors (Lipinski definition) is 3. The normalized spacial score (nSPS) is 16.7. The van der Waals surface area contributed by atoms with Crippen LogP contribution < -0.4 is 5.32 Å². The highest BCUT2D eigenvalue weighted by molar-refractivity contribution is 5.88. The molecule has 5 heteroatoms. The van der Waals surface area contributed by atoms with Crippen molar-refractivity contribution in [1.82, 2.24) is 10.2 Å². The van der Waals surface area contributed by atoms with Gasteiger partial charge in [0.2, 0.25) is 11.8 Å². The number of carbonyl (C=O) groups is 2. The molecule has 1 unspecified atom stereocenters. The number of likely N-dealkylation sites (tertiary alicyclic amines) is 1. The summed E-state index contributed by atoms with van der Waals surface area (Å²) in [5.74, 6) is 0.404. The Morgan fingerprint density at radius 1 is 0.900 bits per heavy atom. The molecule has 212 valence electrons. The summed E-state index contributed by atoms with van der Waals surface area (Å²) in [5.41, 5.74) is 3.27. The van der Waals surface area contributed by atoms with E-state index in [2.05, 4.69) is 43.4 Å². The summed E-state index contributed by atoms with van der Waals surface area (Å²) >= 11 is 0. The quantitative estimate of drug-likeness (QED) is 0.246. The maximum absolute atomic E-state index is 13.6. The van der Waals surface area contributed by atoms with Crippen LogP contribution in [0.3, 0.4) is 0 Å². The molecule has 0 aliphatic carbocycles. The van der Waals surface area contributed by atoms with Crippen molar-refractivity contribution in [3.8, 4) is 0 Å². The Bertz CT molecular complexity index is 1160. The molecule has 1 heterocycles. The van der Waals surface area contributed by atoms with E-state index >= 15 is 0 Å². The van der Waals surface area contributed by atoms with Crippen molar-refractivity contribution in [2.75, 3.05) is 20.3 Å². The van der Waals surface area contributed by atoms with Crippen molar-refractivity contribution in [1.29, 1.82) is 0 Å². The van der Waals surface area contributed by atoms with E-state index < -0.39 is 6.04 Å². The van der Waals surface area contributed by atoms with Crippen LogP contribution in [0.4, 0.5) is 0 Å². The molecular formula is C35H44N2O3. The number of unbranched alkanes of at least 4 members (excludes halogenated alkanes) is 1. The Balaban J connectivity index is 1.38. The summed E-state index contributed by atoms with van der Waals surface area (Å²) in [6, 6.07) is 30.0. The molecule has 3 aromatic rings. The van der Waals surface area contributed by atoms with Gasteiger partial charge < -0.3 is 15.0 Å². The van der Waals surface area contributed by atoms with Gasteiger partial charge in [-0.1, -0.05) is 111 Å². The van der Waals surface area contributed by atoms with Gasteiger partial charge in [0.05, 0.1) is 12.6 Å². The lowest BCUT2D eigenvalue weighted by Crippen LogP contribution is -2.47. The Kier molecular flexibility index (Phi) is 10.5. The third kappa shape index (κ3) is 7.00. The first kappa shape index (κ1) is 29.5. The zero-order valence-corrected chi connectivity index (χ0v) is 24.2. The first-order valence-corrected chi connectivity index (χ1v) is 14.7. The van der Waals surface area contributed by atoms with E-state index in [0.717, 1.165) is 36.8 Å². The van der Waals surface area contributed by atoms with Crippen molar-refractivity contribution in [2.24, 2.45) is 5.92 Å². The minimum Gasteiger partial charge on any atom is -0.384 e. The third-order valence-corrected chi connectivity index (χ3v) is 8.55. The number of amides is 2. The minimum absolute atomic E-state index is 0.0773. The number of nitrogens with one attached hydrogen (secondary N) is 1. The monoisotopic (exact) mass is 540 g/mol. The summed E-state index contributed by atoms with van der Waals surface area (Å²) in [6.45, 7) is 5.80. The van der Waals surface area contributed by atoms with Crippen molar-refractivity contribution in [3.05, 3.63) is 108 Å². The average molecular weight is 541 g/mol. The summed E-state index contributed by atoms with van der Waals surface area (Å²) in [6.07, 6.45) is 4.69. The Morgan fingerprint density at radius 3 is 2.02 bits per heavy atom. The molecule has 1 N–H and O–H groups in total. The molecule has 4 rings (SSSR count). The molecule has 1 saturated heterocycles. The molecule has 5 nitrogen and oxygen atoms in total. The van der Waals surface area contributed by atoms with Crippen LogP contribution in [0.25, 0.3) is 0 Å². The number of nitrogens with zero attached hydrogens (tertiary/aromatic N) is 1. The van der Waals surface area contributed by atoms with Crippen LogP contribution in [-0.2, 0) is 19.7 Å². The Hall–Kier alpha value is -3.44. The third-order valence-electron chi connectivity index (χ3n) is 8.55. The predicted molar refractivity (Wildman–Crippen MR) is 161 cm³/mol. The maximum atomic E-state index is 13.6. The van der Waals surface area contributed by atoms with Crippen molar-refractivity contribution >= 4 is 11.8 Å². The fourth-order valence-corrected chi connectivity index (χ4v) is 6.20. The fourth-order valence-electron chi connectivity index (χ4n) is 6.20.